The summed E-state index contributed by atoms with van der Waals surface area (Å²) in [5.41, 5.74) is 2.35. The Morgan fingerprint density at radius 1 is 0.960 bits per heavy atom. The molecule has 0 spiro atoms. The number of hydrogen-bond donors (Lipinski definition) is 3. The van der Waals surface area contributed by atoms with E-state index in [4.69, 9.17) is 11.6 Å². The van der Waals surface area contributed by atoms with Crippen LogP contribution in [0.5, 0.6) is 0 Å². The number of benzene rings is 2. The molecule has 0 heterocycles. The van der Waals surface area contributed by atoms with Gasteiger partial charge in [0.2, 0.25) is 0 Å². The van der Waals surface area contributed by atoms with Crippen LogP contribution in [-0.2, 0) is 13.1 Å². The van der Waals surface area contributed by atoms with Crippen LogP contribution in [0.4, 0.5) is 4.79 Å². The molecule has 0 aliphatic rings. The van der Waals surface area contributed by atoms with Crippen molar-refractivity contribution in [2.75, 3.05) is 0 Å². The summed E-state index contributed by atoms with van der Waals surface area (Å²) in [7, 11) is 0. The molecule has 6 heteroatoms. The molecule has 0 bridgehead atoms. The lowest BCUT2D eigenvalue weighted by Crippen LogP contribution is -2.39. The average molecular weight is 360 g/mol. The molecule has 0 atom stereocenters. The van der Waals surface area contributed by atoms with Crippen LogP contribution >= 0.6 is 11.6 Å². The number of carbonyl (C=O) groups is 2. The van der Waals surface area contributed by atoms with Gasteiger partial charge in [0.1, 0.15) is 0 Å². The second-order valence-electron chi connectivity index (χ2n) is 5.95. The van der Waals surface area contributed by atoms with Crippen molar-refractivity contribution >= 4 is 23.5 Å². The predicted molar refractivity (Wildman–Crippen MR) is 99.6 cm³/mol. The molecule has 0 aliphatic heterocycles. The maximum Gasteiger partial charge on any atom is 0.315 e. The minimum atomic E-state index is -0.212. The summed E-state index contributed by atoms with van der Waals surface area (Å²) in [5.74, 6) is -0.169. The average Bonchev–Trinajstić information content (AvgIpc) is 2.59. The summed E-state index contributed by atoms with van der Waals surface area (Å²) >= 11 is 6.08. The highest BCUT2D eigenvalue weighted by Gasteiger charge is 2.07. The van der Waals surface area contributed by atoms with Crippen molar-refractivity contribution in [3.63, 3.8) is 0 Å². The molecule has 0 saturated carbocycles. The van der Waals surface area contributed by atoms with E-state index in [1.807, 2.05) is 44.2 Å². The number of amides is 3. The number of nitrogens with one attached hydrogen (secondary N) is 3. The summed E-state index contributed by atoms with van der Waals surface area (Å²) < 4.78 is 0. The van der Waals surface area contributed by atoms with Gasteiger partial charge in [-0.05, 0) is 43.2 Å². The van der Waals surface area contributed by atoms with Crippen molar-refractivity contribution in [1.29, 1.82) is 0 Å². The molecule has 0 aromatic heterocycles. The second kappa shape index (κ2) is 9.08. The second-order valence-corrected chi connectivity index (χ2v) is 6.36. The van der Waals surface area contributed by atoms with Gasteiger partial charge < -0.3 is 16.0 Å². The number of urea groups is 1. The van der Waals surface area contributed by atoms with E-state index < -0.39 is 0 Å². The number of carbonyl (C=O) groups excluding carboxylic acids is 2. The minimum absolute atomic E-state index is 0.0872. The van der Waals surface area contributed by atoms with Crippen molar-refractivity contribution in [3.8, 4) is 0 Å². The zero-order valence-corrected chi connectivity index (χ0v) is 15.1. The highest BCUT2D eigenvalue weighted by molar-refractivity contribution is 6.31. The zero-order chi connectivity index (χ0) is 18.2. The predicted octanol–water partition coefficient (Wildman–Crippen LogP) is 3.48. The summed E-state index contributed by atoms with van der Waals surface area (Å²) in [6.45, 7) is 4.57. The smallest absolute Gasteiger partial charge is 0.315 e. The lowest BCUT2D eigenvalue weighted by atomic mass is 10.1. The van der Waals surface area contributed by atoms with Gasteiger partial charge in [-0.1, -0.05) is 41.9 Å². The van der Waals surface area contributed by atoms with Crippen molar-refractivity contribution < 1.29 is 9.59 Å². The van der Waals surface area contributed by atoms with Crippen molar-refractivity contribution in [2.24, 2.45) is 0 Å². The van der Waals surface area contributed by atoms with Gasteiger partial charge in [-0.3, -0.25) is 4.79 Å². The monoisotopic (exact) mass is 359 g/mol. The van der Waals surface area contributed by atoms with Gasteiger partial charge in [-0.15, -0.1) is 0 Å². The van der Waals surface area contributed by atoms with E-state index in [2.05, 4.69) is 16.0 Å². The molecule has 5 nitrogen and oxygen atoms in total. The maximum absolute atomic E-state index is 12.2. The van der Waals surface area contributed by atoms with Crippen molar-refractivity contribution in [2.45, 2.75) is 33.0 Å². The molecule has 132 valence electrons. The Bertz CT molecular complexity index is 730. The highest BCUT2D eigenvalue weighted by atomic mass is 35.5. The van der Waals surface area contributed by atoms with Crippen LogP contribution < -0.4 is 16.0 Å². The first-order chi connectivity index (χ1) is 12.0. The fourth-order valence-corrected chi connectivity index (χ4v) is 2.39. The molecule has 0 radical (unpaired) electrons. The summed E-state index contributed by atoms with van der Waals surface area (Å²) in [6, 6.07) is 14.4. The maximum atomic E-state index is 12.2. The summed E-state index contributed by atoms with van der Waals surface area (Å²) in [6.07, 6.45) is 0. The molecule has 2 aromatic carbocycles. The molecular formula is C19H22ClN3O2. The van der Waals surface area contributed by atoms with Crippen LogP contribution in [0.1, 0.15) is 35.3 Å². The summed E-state index contributed by atoms with van der Waals surface area (Å²) in [5, 5.41) is 8.99. The topological polar surface area (TPSA) is 70.2 Å². The van der Waals surface area contributed by atoms with Gasteiger partial charge in [0.25, 0.3) is 5.91 Å². The molecule has 3 amide bonds. The molecule has 0 fully saturated rings. The molecule has 25 heavy (non-hydrogen) atoms. The fourth-order valence-electron chi connectivity index (χ4n) is 2.19. The molecule has 2 rings (SSSR count). The Morgan fingerprint density at radius 3 is 2.28 bits per heavy atom. The van der Waals surface area contributed by atoms with Crippen LogP contribution in [0, 0.1) is 0 Å². The molecule has 0 unspecified atom stereocenters. The Kier molecular flexibility index (Phi) is 6.83. The number of rotatable bonds is 6. The third kappa shape index (κ3) is 6.12. The molecule has 3 N–H and O–H groups in total. The molecule has 0 saturated heterocycles. The first-order valence-electron chi connectivity index (χ1n) is 8.10. The van der Waals surface area contributed by atoms with Crippen LogP contribution in [0.15, 0.2) is 48.5 Å². The van der Waals surface area contributed by atoms with E-state index in [1.54, 1.807) is 18.2 Å². The third-order valence-electron chi connectivity index (χ3n) is 3.49. The first-order valence-corrected chi connectivity index (χ1v) is 8.48. The Balaban J connectivity index is 1.85. The van der Waals surface area contributed by atoms with E-state index in [9.17, 15) is 9.59 Å². The lowest BCUT2D eigenvalue weighted by Gasteiger charge is -2.10. The normalized spacial score (nSPS) is 10.4. The first kappa shape index (κ1) is 18.8. The minimum Gasteiger partial charge on any atom is -0.348 e. The highest BCUT2D eigenvalue weighted by Crippen LogP contribution is 2.14. The Labute approximate surface area is 152 Å². The van der Waals surface area contributed by atoms with Gasteiger partial charge in [-0.2, -0.15) is 0 Å². The molecule has 0 aliphatic carbocycles. The van der Waals surface area contributed by atoms with Gasteiger partial charge in [0.05, 0.1) is 0 Å². The van der Waals surface area contributed by atoms with Crippen LogP contribution in [0.2, 0.25) is 5.02 Å². The third-order valence-corrected chi connectivity index (χ3v) is 3.85. The standard InChI is InChI=1S/C19H22ClN3O2/c1-13(2)23-19(25)22-11-14-7-9-15(10-8-14)18(24)21-12-16-5-3-4-6-17(16)20/h3-10,13H,11-12H2,1-2H3,(H,21,24)(H2,22,23,25). The Hall–Kier alpha value is -2.53. The van der Waals surface area contributed by atoms with Gasteiger partial charge in [-0.25, -0.2) is 4.79 Å². The fraction of sp³-hybridized carbons (Fsp3) is 0.263. The van der Waals surface area contributed by atoms with Crippen LogP contribution in [0.25, 0.3) is 0 Å². The van der Waals surface area contributed by atoms with E-state index in [0.717, 1.165) is 11.1 Å². The van der Waals surface area contributed by atoms with Gasteiger partial charge in [0.15, 0.2) is 0 Å². The van der Waals surface area contributed by atoms with Crippen molar-refractivity contribution in [1.82, 2.24) is 16.0 Å². The SMILES string of the molecule is CC(C)NC(=O)NCc1ccc(C(=O)NCc2ccccc2Cl)cc1. The van der Waals surface area contributed by atoms with E-state index >= 15 is 0 Å². The number of halogens is 1. The summed E-state index contributed by atoms with van der Waals surface area (Å²) in [4.78, 5) is 23.7. The Morgan fingerprint density at radius 2 is 1.64 bits per heavy atom. The molecular weight excluding hydrogens is 338 g/mol. The van der Waals surface area contributed by atoms with Crippen LogP contribution in [-0.4, -0.2) is 18.0 Å². The molecule has 2 aromatic rings. The zero-order valence-electron chi connectivity index (χ0n) is 14.3. The van der Waals surface area contributed by atoms with Gasteiger partial charge in [0, 0.05) is 29.7 Å². The van der Waals surface area contributed by atoms with E-state index in [1.165, 1.54) is 0 Å². The van der Waals surface area contributed by atoms with Gasteiger partial charge >= 0.3 is 6.03 Å². The van der Waals surface area contributed by atoms with Crippen molar-refractivity contribution in [3.05, 3.63) is 70.2 Å². The number of hydrogen-bond acceptors (Lipinski definition) is 2. The van der Waals surface area contributed by atoms with E-state index in [-0.39, 0.29) is 18.0 Å². The quantitative estimate of drug-likeness (QED) is 0.739. The lowest BCUT2D eigenvalue weighted by molar-refractivity contribution is 0.0951. The van der Waals surface area contributed by atoms with E-state index in [0.29, 0.717) is 23.7 Å². The van der Waals surface area contributed by atoms with Crippen LogP contribution in [0.3, 0.4) is 0 Å². The largest absolute Gasteiger partial charge is 0.348 e.